The summed E-state index contributed by atoms with van der Waals surface area (Å²) in [5.74, 6) is 1.48. The number of anilines is 3. The Balaban J connectivity index is 1.36. The van der Waals surface area contributed by atoms with E-state index in [9.17, 15) is 4.79 Å². The fourth-order valence-electron chi connectivity index (χ4n) is 2.93. The smallest absolute Gasteiger partial charge is 0.267 e. The third kappa shape index (κ3) is 3.87. The van der Waals surface area contributed by atoms with E-state index in [1.165, 1.54) is 11.3 Å². The van der Waals surface area contributed by atoms with Crippen LogP contribution in [0.2, 0.25) is 0 Å². The molecule has 4 rings (SSSR count). The third-order valence-electron chi connectivity index (χ3n) is 4.38. The Kier molecular flexibility index (Phi) is 4.93. The summed E-state index contributed by atoms with van der Waals surface area (Å²) < 4.78 is 0. The second-order valence-electron chi connectivity index (χ2n) is 6.15. The van der Waals surface area contributed by atoms with Crippen molar-refractivity contribution in [3.8, 4) is 0 Å². The lowest BCUT2D eigenvalue weighted by Gasteiger charge is -2.35. The van der Waals surface area contributed by atoms with Gasteiger partial charge in [-0.25, -0.2) is 19.9 Å². The lowest BCUT2D eigenvalue weighted by Crippen LogP contribution is -2.47. The van der Waals surface area contributed by atoms with Crippen LogP contribution < -0.4 is 15.1 Å². The molecular formula is C18H19N7OS. The Labute approximate surface area is 160 Å². The highest BCUT2D eigenvalue weighted by Crippen LogP contribution is 2.18. The molecule has 3 aromatic rings. The van der Waals surface area contributed by atoms with Crippen molar-refractivity contribution >= 4 is 34.7 Å². The van der Waals surface area contributed by atoms with Gasteiger partial charge in [-0.05, 0) is 19.1 Å². The van der Waals surface area contributed by atoms with E-state index in [1.54, 1.807) is 17.9 Å². The first kappa shape index (κ1) is 17.3. The maximum Gasteiger partial charge on any atom is 0.267 e. The topological polar surface area (TPSA) is 87.1 Å². The van der Waals surface area contributed by atoms with Gasteiger partial charge >= 0.3 is 0 Å². The quantitative estimate of drug-likeness (QED) is 0.741. The Morgan fingerprint density at radius 3 is 2.41 bits per heavy atom. The molecule has 0 aromatic carbocycles. The van der Waals surface area contributed by atoms with Gasteiger partial charge < -0.3 is 15.1 Å². The van der Waals surface area contributed by atoms with Gasteiger partial charge in [0, 0.05) is 32.4 Å². The van der Waals surface area contributed by atoms with Crippen molar-refractivity contribution in [2.45, 2.75) is 6.92 Å². The Morgan fingerprint density at radius 1 is 1.04 bits per heavy atom. The normalized spacial score (nSPS) is 14.3. The van der Waals surface area contributed by atoms with E-state index in [-0.39, 0.29) is 5.91 Å². The molecule has 138 valence electrons. The van der Waals surface area contributed by atoms with Gasteiger partial charge in [0.05, 0.1) is 29.3 Å². The summed E-state index contributed by atoms with van der Waals surface area (Å²) in [5.41, 5.74) is 2.96. The first-order valence-electron chi connectivity index (χ1n) is 8.65. The van der Waals surface area contributed by atoms with Crippen molar-refractivity contribution in [3.05, 3.63) is 52.9 Å². The lowest BCUT2D eigenvalue weighted by molar-refractivity contribution is 0.102. The van der Waals surface area contributed by atoms with Crippen LogP contribution in [0.15, 0.2) is 42.3 Å². The fourth-order valence-corrected chi connectivity index (χ4v) is 3.63. The van der Waals surface area contributed by atoms with Crippen LogP contribution in [0.3, 0.4) is 0 Å². The molecule has 1 saturated heterocycles. The van der Waals surface area contributed by atoms with Gasteiger partial charge in [-0.15, -0.1) is 11.3 Å². The number of aryl methyl sites for hydroxylation is 1. The molecule has 1 amide bonds. The van der Waals surface area contributed by atoms with Gasteiger partial charge in [-0.2, -0.15) is 0 Å². The molecule has 9 heteroatoms. The number of amides is 1. The summed E-state index contributed by atoms with van der Waals surface area (Å²) >= 11 is 1.32. The SMILES string of the molecule is Cc1ncsc1C(=O)Nc1cnc(N2CCN(c3ccccn3)CC2)nc1. The number of pyridine rings is 1. The van der Waals surface area contributed by atoms with Crippen LogP contribution in [0.5, 0.6) is 0 Å². The summed E-state index contributed by atoms with van der Waals surface area (Å²) in [6, 6.07) is 5.94. The van der Waals surface area contributed by atoms with Crippen molar-refractivity contribution in [3.63, 3.8) is 0 Å². The molecule has 0 saturated carbocycles. The Bertz CT molecular complexity index is 905. The number of hydrogen-bond donors (Lipinski definition) is 1. The number of carbonyl (C=O) groups excluding carboxylic acids is 1. The van der Waals surface area contributed by atoms with Crippen LogP contribution >= 0.6 is 11.3 Å². The molecule has 0 unspecified atom stereocenters. The zero-order valence-electron chi connectivity index (χ0n) is 14.9. The van der Waals surface area contributed by atoms with Gasteiger partial charge in [0.2, 0.25) is 5.95 Å². The summed E-state index contributed by atoms with van der Waals surface area (Å²) in [6.45, 7) is 5.19. The average Bonchev–Trinajstić information content (AvgIpc) is 3.15. The van der Waals surface area contributed by atoms with E-state index in [0.717, 1.165) is 37.7 Å². The number of aromatic nitrogens is 4. The van der Waals surface area contributed by atoms with Gasteiger partial charge in [0.25, 0.3) is 5.91 Å². The van der Waals surface area contributed by atoms with Crippen LogP contribution in [0.25, 0.3) is 0 Å². The summed E-state index contributed by atoms with van der Waals surface area (Å²) in [7, 11) is 0. The van der Waals surface area contributed by atoms with Crippen LogP contribution in [0.4, 0.5) is 17.5 Å². The number of nitrogens with one attached hydrogen (secondary N) is 1. The molecule has 27 heavy (non-hydrogen) atoms. The van der Waals surface area contributed by atoms with Crippen molar-refractivity contribution < 1.29 is 4.79 Å². The number of hydrogen-bond acceptors (Lipinski definition) is 8. The second kappa shape index (κ2) is 7.67. The minimum atomic E-state index is -0.185. The fraction of sp³-hybridized carbons (Fsp3) is 0.278. The maximum absolute atomic E-state index is 12.2. The number of rotatable bonds is 4. The first-order valence-corrected chi connectivity index (χ1v) is 9.53. The Hall–Kier alpha value is -3.07. The highest BCUT2D eigenvalue weighted by Gasteiger charge is 2.20. The molecule has 3 aromatic heterocycles. The largest absolute Gasteiger partial charge is 0.353 e. The van der Waals surface area contributed by atoms with Crippen LogP contribution in [-0.2, 0) is 0 Å². The minimum absolute atomic E-state index is 0.185. The zero-order chi connectivity index (χ0) is 18.6. The predicted octanol–water partition coefficient (Wildman–Crippen LogP) is 2.22. The van der Waals surface area contributed by atoms with Crippen LogP contribution in [0, 0.1) is 6.92 Å². The van der Waals surface area contributed by atoms with Gasteiger partial charge in [-0.1, -0.05) is 6.07 Å². The van der Waals surface area contributed by atoms with E-state index < -0.39 is 0 Å². The highest BCUT2D eigenvalue weighted by atomic mass is 32.1. The first-order chi connectivity index (χ1) is 13.2. The molecular weight excluding hydrogens is 362 g/mol. The number of nitrogens with zero attached hydrogens (tertiary/aromatic N) is 6. The second-order valence-corrected chi connectivity index (χ2v) is 7.01. The molecule has 0 bridgehead atoms. The van der Waals surface area contributed by atoms with Crippen molar-refractivity contribution in [2.75, 3.05) is 41.3 Å². The summed E-state index contributed by atoms with van der Waals surface area (Å²) in [6.07, 6.45) is 5.09. The van der Waals surface area contributed by atoms with Gasteiger partial charge in [0.15, 0.2) is 0 Å². The van der Waals surface area contributed by atoms with E-state index in [0.29, 0.717) is 16.5 Å². The molecule has 0 atom stereocenters. The van der Waals surface area contributed by atoms with E-state index in [2.05, 4.69) is 35.1 Å². The molecule has 4 heterocycles. The predicted molar refractivity (Wildman–Crippen MR) is 105 cm³/mol. The standard InChI is InChI=1S/C18H19N7OS/c1-13-16(27-12-22-13)17(26)23-14-10-20-18(21-11-14)25-8-6-24(7-9-25)15-4-2-3-5-19-15/h2-5,10-12H,6-9H2,1H3,(H,23,26). The Morgan fingerprint density at radius 2 is 1.78 bits per heavy atom. The third-order valence-corrected chi connectivity index (χ3v) is 5.31. The molecule has 1 aliphatic rings. The number of piperazine rings is 1. The van der Waals surface area contributed by atoms with Gasteiger partial charge in [0.1, 0.15) is 10.7 Å². The average molecular weight is 381 g/mol. The highest BCUT2D eigenvalue weighted by molar-refractivity contribution is 7.12. The molecule has 1 aliphatic heterocycles. The minimum Gasteiger partial charge on any atom is -0.353 e. The van der Waals surface area contributed by atoms with E-state index in [1.807, 2.05) is 31.3 Å². The molecule has 1 N–H and O–H groups in total. The molecule has 0 radical (unpaired) electrons. The van der Waals surface area contributed by atoms with Crippen LogP contribution in [0.1, 0.15) is 15.4 Å². The molecule has 8 nitrogen and oxygen atoms in total. The van der Waals surface area contributed by atoms with Gasteiger partial charge in [-0.3, -0.25) is 4.79 Å². The summed E-state index contributed by atoms with van der Waals surface area (Å²) in [4.78, 5) is 34.5. The zero-order valence-corrected chi connectivity index (χ0v) is 15.7. The number of thiazole rings is 1. The van der Waals surface area contributed by atoms with Crippen molar-refractivity contribution in [1.29, 1.82) is 0 Å². The molecule has 0 aliphatic carbocycles. The number of carbonyl (C=O) groups is 1. The maximum atomic E-state index is 12.2. The van der Waals surface area contributed by atoms with Crippen LogP contribution in [-0.4, -0.2) is 52.0 Å². The van der Waals surface area contributed by atoms with Crippen molar-refractivity contribution in [1.82, 2.24) is 19.9 Å². The summed E-state index contributed by atoms with van der Waals surface area (Å²) in [5, 5.41) is 2.82. The van der Waals surface area contributed by atoms with E-state index >= 15 is 0 Å². The van der Waals surface area contributed by atoms with Crippen molar-refractivity contribution in [2.24, 2.45) is 0 Å². The lowest BCUT2D eigenvalue weighted by atomic mass is 10.3. The molecule has 0 spiro atoms. The molecule has 1 fully saturated rings. The monoisotopic (exact) mass is 381 g/mol. The van der Waals surface area contributed by atoms with E-state index in [4.69, 9.17) is 0 Å².